The second-order valence-electron chi connectivity index (χ2n) is 15.9. The lowest BCUT2D eigenvalue weighted by molar-refractivity contribution is -0.343. The fourth-order valence-electron chi connectivity index (χ4n) is 8.36. The molecule has 20 unspecified atom stereocenters. The molecule has 25 nitrogen and oxygen atoms in total. The predicted molar refractivity (Wildman–Crippen MR) is 204 cm³/mol. The molecular weight excluding hydrogens is 868 g/mol. The number of ether oxygens (including phenoxy) is 6. The zero-order chi connectivity index (χ0) is 46.6. The SMILES string of the molecule is O=c1cc(-c2ccc(O)cc2)oc2c(C3OC(CO)C(OC4OC(CO)C(O)C(O)C4O)C(O)C3O)c(O)c(C3OC(CO)C(OC4OC(CO)C(O)C(O)C4O)C(O)C3O)c(O)c12. The molecule has 0 amide bonds. The molecule has 3 aromatic rings. The number of phenols is 3. The van der Waals surface area contributed by atoms with Crippen molar-refractivity contribution in [2.75, 3.05) is 26.4 Å². The summed E-state index contributed by atoms with van der Waals surface area (Å²) in [6.45, 7) is -3.85. The lowest BCUT2D eigenvalue weighted by atomic mass is 9.84. The molecule has 25 heteroatoms. The van der Waals surface area contributed by atoms with Crippen molar-refractivity contribution in [3.05, 3.63) is 51.7 Å². The number of aromatic hydroxyl groups is 3. The normalized spacial score (nSPS) is 40.7. The van der Waals surface area contributed by atoms with Crippen LogP contribution < -0.4 is 5.43 Å². The van der Waals surface area contributed by atoms with E-state index in [9.17, 15) is 91.6 Å². The molecule has 0 radical (unpaired) electrons. The van der Waals surface area contributed by atoms with Crippen LogP contribution in [0.4, 0.5) is 0 Å². The predicted octanol–water partition coefficient (Wildman–Crippen LogP) is -6.74. The molecule has 4 saturated heterocycles. The lowest BCUT2D eigenvalue weighted by Gasteiger charge is -2.47. The van der Waals surface area contributed by atoms with Crippen LogP contribution in [-0.4, -0.2) is 223 Å². The molecule has 356 valence electrons. The monoisotopic (exact) mass is 918 g/mol. The van der Waals surface area contributed by atoms with Crippen molar-refractivity contribution >= 4 is 11.0 Å². The van der Waals surface area contributed by atoms with Crippen LogP contribution in [0.25, 0.3) is 22.3 Å². The van der Waals surface area contributed by atoms with E-state index in [2.05, 4.69) is 0 Å². The summed E-state index contributed by atoms with van der Waals surface area (Å²) in [5, 5.41) is 182. The molecule has 5 heterocycles. The number of aliphatic hydroxyl groups is 14. The zero-order valence-electron chi connectivity index (χ0n) is 33.1. The van der Waals surface area contributed by atoms with E-state index in [-0.39, 0.29) is 17.1 Å². The molecule has 64 heavy (non-hydrogen) atoms. The van der Waals surface area contributed by atoms with Crippen molar-refractivity contribution in [3.8, 4) is 28.6 Å². The minimum Gasteiger partial charge on any atom is -0.508 e. The Hall–Kier alpha value is -3.75. The first kappa shape index (κ1) is 48.2. The number of aliphatic hydroxyl groups excluding tert-OH is 14. The van der Waals surface area contributed by atoms with E-state index in [0.29, 0.717) is 0 Å². The van der Waals surface area contributed by atoms with Gasteiger partial charge in [0.2, 0.25) is 0 Å². The molecular formula is C39H50O25. The first-order valence-corrected chi connectivity index (χ1v) is 19.9. The fourth-order valence-corrected chi connectivity index (χ4v) is 8.36. The van der Waals surface area contributed by atoms with Crippen molar-refractivity contribution in [2.24, 2.45) is 0 Å². The van der Waals surface area contributed by atoms with E-state index >= 15 is 0 Å². The number of hydrogen-bond acceptors (Lipinski definition) is 25. The molecule has 4 aliphatic rings. The molecule has 0 spiro atoms. The first-order chi connectivity index (χ1) is 30.4. The van der Waals surface area contributed by atoms with E-state index in [1.54, 1.807) is 0 Å². The van der Waals surface area contributed by atoms with Gasteiger partial charge in [0.25, 0.3) is 0 Å². The van der Waals surface area contributed by atoms with Crippen molar-refractivity contribution in [1.82, 2.24) is 0 Å². The highest BCUT2D eigenvalue weighted by Crippen LogP contribution is 2.51. The third-order valence-electron chi connectivity index (χ3n) is 11.9. The van der Waals surface area contributed by atoms with Gasteiger partial charge in [0, 0.05) is 11.6 Å². The van der Waals surface area contributed by atoms with Crippen LogP contribution >= 0.6 is 0 Å². The van der Waals surface area contributed by atoms with Crippen LogP contribution in [0.1, 0.15) is 23.3 Å². The molecule has 0 bridgehead atoms. The summed E-state index contributed by atoms with van der Waals surface area (Å²) in [5.74, 6) is -2.75. The summed E-state index contributed by atoms with van der Waals surface area (Å²) in [4.78, 5) is 14.0. The maximum atomic E-state index is 14.0. The molecule has 0 aliphatic carbocycles. The molecule has 20 atom stereocenters. The largest absolute Gasteiger partial charge is 0.508 e. The van der Waals surface area contributed by atoms with Gasteiger partial charge in [-0.15, -0.1) is 0 Å². The highest BCUT2D eigenvalue weighted by Gasteiger charge is 2.55. The lowest BCUT2D eigenvalue weighted by Crippen LogP contribution is -2.63. The average molecular weight is 919 g/mol. The number of fused-ring (bicyclic) bond motifs is 1. The Morgan fingerprint density at radius 3 is 1.36 bits per heavy atom. The second kappa shape index (κ2) is 19.2. The summed E-state index contributed by atoms with van der Waals surface area (Å²) in [7, 11) is 0. The fraction of sp³-hybridized carbons (Fsp3) is 0.615. The summed E-state index contributed by atoms with van der Waals surface area (Å²) < 4.78 is 39.8. The molecule has 17 N–H and O–H groups in total. The Morgan fingerprint density at radius 1 is 0.484 bits per heavy atom. The third kappa shape index (κ3) is 8.46. The van der Waals surface area contributed by atoms with E-state index in [4.69, 9.17) is 32.8 Å². The molecule has 1 aromatic heterocycles. The molecule has 0 saturated carbocycles. The van der Waals surface area contributed by atoms with Crippen LogP contribution in [-0.2, 0) is 28.4 Å². The van der Waals surface area contributed by atoms with Gasteiger partial charge in [-0.3, -0.25) is 4.79 Å². The zero-order valence-corrected chi connectivity index (χ0v) is 33.1. The van der Waals surface area contributed by atoms with E-state index in [1.165, 1.54) is 24.3 Å². The van der Waals surface area contributed by atoms with Gasteiger partial charge in [-0.05, 0) is 24.3 Å². The Kier molecular flexibility index (Phi) is 14.5. The number of hydrogen-bond donors (Lipinski definition) is 17. The van der Waals surface area contributed by atoms with Gasteiger partial charge in [-0.2, -0.15) is 0 Å². The van der Waals surface area contributed by atoms with Gasteiger partial charge in [0.05, 0.1) is 37.6 Å². The standard InChI is InChI=1S/C39H50O25/c40-6-14-21(46)25(50)31(56)38(61-14)63-33-16(8-42)59-36(29(54)27(33)52)19-23(48)18-12(45)5-13(10-1-3-11(44)4-2-10)58-35(18)20(24(19)49)37-30(55)28(53)34(17(9-43)60-37)64-39-32(57)26(51)22(47)15(7-41)62-39/h1-5,14-17,21-22,25-34,36-44,46-57H,6-9H2. The Balaban J connectivity index is 1.31. The van der Waals surface area contributed by atoms with Gasteiger partial charge < -0.3 is 120 Å². The van der Waals surface area contributed by atoms with Gasteiger partial charge in [0.1, 0.15) is 138 Å². The number of phenolic OH excluding ortho intramolecular Hbond substituents is 3. The first-order valence-electron chi connectivity index (χ1n) is 19.9. The van der Waals surface area contributed by atoms with Gasteiger partial charge >= 0.3 is 0 Å². The van der Waals surface area contributed by atoms with Crippen LogP contribution in [0.2, 0.25) is 0 Å². The summed E-state index contributed by atoms with van der Waals surface area (Å²) in [6.07, 6.45) is -38.7. The van der Waals surface area contributed by atoms with Crippen molar-refractivity contribution in [3.63, 3.8) is 0 Å². The van der Waals surface area contributed by atoms with E-state index in [1.807, 2.05) is 0 Å². The van der Waals surface area contributed by atoms with Crippen molar-refractivity contribution < 1.29 is 120 Å². The Labute approximate surface area is 359 Å². The summed E-state index contributed by atoms with van der Waals surface area (Å²) >= 11 is 0. The average Bonchev–Trinajstić information content (AvgIpc) is 3.28. The second-order valence-corrected chi connectivity index (χ2v) is 15.9. The topological polar surface area (TPSA) is 430 Å². The number of benzene rings is 2. The van der Waals surface area contributed by atoms with Gasteiger partial charge in [-0.1, -0.05) is 0 Å². The minimum absolute atomic E-state index is 0.155. The van der Waals surface area contributed by atoms with Crippen molar-refractivity contribution in [2.45, 2.75) is 122 Å². The van der Waals surface area contributed by atoms with Crippen molar-refractivity contribution in [1.29, 1.82) is 0 Å². The van der Waals surface area contributed by atoms with Gasteiger partial charge in [0.15, 0.2) is 23.6 Å². The smallest absolute Gasteiger partial charge is 0.197 e. The minimum atomic E-state index is -2.30. The third-order valence-corrected chi connectivity index (χ3v) is 11.9. The van der Waals surface area contributed by atoms with Crippen LogP contribution in [0.3, 0.4) is 0 Å². The Bertz CT molecular complexity index is 2130. The van der Waals surface area contributed by atoms with E-state index < -0.39 is 188 Å². The van der Waals surface area contributed by atoms with Crippen LogP contribution in [0, 0.1) is 0 Å². The van der Waals surface area contributed by atoms with E-state index in [0.717, 1.165) is 6.07 Å². The summed E-state index contributed by atoms with van der Waals surface area (Å²) in [5.41, 5.74) is -3.26. The molecule has 4 aliphatic heterocycles. The Morgan fingerprint density at radius 2 is 0.922 bits per heavy atom. The molecule has 2 aromatic carbocycles. The highest BCUT2D eigenvalue weighted by molar-refractivity contribution is 5.92. The maximum absolute atomic E-state index is 14.0. The molecule has 4 fully saturated rings. The highest BCUT2D eigenvalue weighted by atomic mass is 16.7. The number of rotatable bonds is 11. The molecule has 7 rings (SSSR count). The summed E-state index contributed by atoms with van der Waals surface area (Å²) in [6, 6.07) is 6.03. The van der Waals surface area contributed by atoms with Crippen LogP contribution in [0.15, 0.2) is 39.5 Å². The quantitative estimate of drug-likeness (QED) is 0.0850. The van der Waals surface area contributed by atoms with Gasteiger partial charge in [-0.25, -0.2) is 0 Å². The maximum Gasteiger partial charge on any atom is 0.197 e. The van der Waals surface area contributed by atoms with Crippen LogP contribution in [0.5, 0.6) is 17.2 Å².